The predicted octanol–water partition coefficient (Wildman–Crippen LogP) is 6.96. The molecule has 2 N–H and O–H groups in total. The van der Waals surface area contributed by atoms with Crippen LogP contribution < -0.4 is 5.73 Å². The minimum absolute atomic E-state index is 0.0139. The maximum Gasteiger partial charge on any atom is 0.111 e. The van der Waals surface area contributed by atoms with Gasteiger partial charge in [-0.25, -0.2) is 0 Å². The zero-order chi connectivity index (χ0) is 26.4. The lowest BCUT2D eigenvalue weighted by Gasteiger charge is -2.44. The molecule has 0 heterocycles. The van der Waals surface area contributed by atoms with E-state index in [2.05, 4.69) is 76.2 Å². The van der Waals surface area contributed by atoms with Crippen LogP contribution in [0.3, 0.4) is 0 Å². The number of hydrogen-bond donors (Lipinski definition) is 1. The SMILES string of the molecule is COC(C)(C)C(C)COC(C)(C)C(C)(C)CCCCOC(C)(C)C(C)(C)CCOC(C)(C)N. The van der Waals surface area contributed by atoms with E-state index in [9.17, 15) is 0 Å². The summed E-state index contributed by atoms with van der Waals surface area (Å²) in [5.74, 6) is 0.317. The van der Waals surface area contributed by atoms with Gasteiger partial charge >= 0.3 is 0 Å². The molecule has 0 rings (SSSR count). The molecule has 5 heteroatoms. The summed E-state index contributed by atoms with van der Waals surface area (Å²) in [6.07, 6.45) is 4.14. The Morgan fingerprint density at radius 3 is 1.61 bits per heavy atom. The van der Waals surface area contributed by atoms with E-state index in [1.165, 1.54) is 0 Å². The molecule has 5 nitrogen and oxygen atoms in total. The summed E-state index contributed by atoms with van der Waals surface area (Å²) in [6.45, 7) is 30.2. The highest BCUT2D eigenvalue weighted by Gasteiger charge is 2.40. The Labute approximate surface area is 206 Å². The first kappa shape index (κ1) is 32.8. The second kappa shape index (κ2) is 12.2. The molecule has 0 amide bonds. The van der Waals surface area contributed by atoms with Gasteiger partial charge in [0.25, 0.3) is 0 Å². The molecule has 0 saturated heterocycles. The molecule has 0 fully saturated rings. The first-order valence-corrected chi connectivity index (χ1v) is 12.9. The van der Waals surface area contributed by atoms with Crippen molar-refractivity contribution in [3.63, 3.8) is 0 Å². The van der Waals surface area contributed by atoms with Crippen molar-refractivity contribution in [1.29, 1.82) is 0 Å². The fourth-order valence-corrected chi connectivity index (χ4v) is 3.29. The second-order valence-electron chi connectivity index (χ2n) is 13.3. The first-order chi connectivity index (χ1) is 14.6. The van der Waals surface area contributed by atoms with Gasteiger partial charge in [0.05, 0.1) is 23.4 Å². The van der Waals surface area contributed by atoms with Crippen molar-refractivity contribution in [3.05, 3.63) is 0 Å². The van der Waals surface area contributed by atoms with Crippen LogP contribution in [0.15, 0.2) is 0 Å². The highest BCUT2D eigenvalue weighted by atomic mass is 16.5. The van der Waals surface area contributed by atoms with Crippen LogP contribution in [0.25, 0.3) is 0 Å². The van der Waals surface area contributed by atoms with Gasteiger partial charge in [-0.3, -0.25) is 0 Å². The van der Waals surface area contributed by atoms with Gasteiger partial charge in [0.15, 0.2) is 0 Å². The molecule has 0 saturated carbocycles. The lowest BCUT2D eigenvalue weighted by molar-refractivity contribution is -0.137. The number of rotatable bonds is 17. The van der Waals surface area contributed by atoms with Crippen LogP contribution in [0.4, 0.5) is 0 Å². The van der Waals surface area contributed by atoms with E-state index in [1.54, 1.807) is 7.11 Å². The molecule has 1 unspecified atom stereocenters. The van der Waals surface area contributed by atoms with E-state index < -0.39 is 5.72 Å². The van der Waals surface area contributed by atoms with Crippen molar-refractivity contribution in [1.82, 2.24) is 0 Å². The van der Waals surface area contributed by atoms with Gasteiger partial charge in [0.2, 0.25) is 0 Å². The molecule has 200 valence electrons. The zero-order valence-electron chi connectivity index (χ0n) is 24.7. The number of hydrogen-bond acceptors (Lipinski definition) is 5. The maximum absolute atomic E-state index is 6.43. The van der Waals surface area contributed by atoms with E-state index in [4.69, 9.17) is 24.7 Å². The molecular formula is C28H59NO4. The smallest absolute Gasteiger partial charge is 0.111 e. The van der Waals surface area contributed by atoms with Crippen LogP contribution in [0.1, 0.15) is 116 Å². The number of ether oxygens (including phenoxy) is 4. The Kier molecular flexibility index (Phi) is 12.1. The Bertz CT molecular complexity index is 559. The summed E-state index contributed by atoms with van der Waals surface area (Å²) < 4.78 is 24.2. The summed E-state index contributed by atoms with van der Waals surface area (Å²) in [5, 5.41) is 0. The molecule has 0 spiro atoms. The summed E-state index contributed by atoms with van der Waals surface area (Å²) in [5.41, 5.74) is 4.75. The van der Waals surface area contributed by atoms with Crippen LogP contribution in [0.2, 0.25) is 0 Å². The predicted molar refractivity (Wildman–Crippen MR) is 141 cm³/mol. The van der Waals surface area contributed by atoms with Crippen LogP contribution in [0.5, 0.6) is 0 Å². The quantitative estimate of drug-likeness (QED) is 0.183. The zero-order valence-corrected chi connectivity index (χ0v) is 24.7. The molecule has 0 aromatic rings. The monoisotopic (exact) mass is 473 g/mol. The van der Waals surface area contributed by atoms with E-state index in [-0.39, 0.29) is 27.6 Å². The molecule has 0 aromatic heterocycles. The summed E-state index contributed by atoms with van der Waals surface area (Å²) >= 11 is 0. The number of nitrogens with two attached hydrogens (primary N) is 1. The van der Waals surface area contributed by atoms with Gasteiger partial charge in [-0.05, 0) is 85.5 Å². The standard InChI is InChI=1S/C28H59NO4/c1-22(25(6,7)30-14)21-33-27(10,11)23(2,3)17-15-16-19-31-26(8,9)24(4,5)18-20-32-28(12,13)29/h22H,15-21,29H2,1-14H3. The van der Waals surface area contributed by atoms with Crippen LogP contribution in [-0.2, 0) is 18.9 Å². The topological polar surface area (TPSA) is 62.9 Å². The summed E-state index contributed by atoms with van der Waals surface area (Å²) in [6, 6.07) is 0. The largest absolute Gasteiger partial charge is 0.378 e. The minimum Gasteiger partial charge on any atom is -0.378 e. The highest BCUT2D eigenvalue weighted by Crippen LogP contribution is 2.40. The normalized spacial score (nSPS) is 15.7. The molecule has 33 heavy (non-hydrogen) atoms. The van der Waals surface area contributed by atoms with Crippen molar-refractivity contribution in [2.75, 3.05) is 26.9 Å². The minimum atomic E-state index is -0.594. The molecule has 0 radical (unpaired) electrons. The van der Waals surface area contributed by atoms with Crippen LogP contribution in [0, 0.1) is 16.7 Å². The van der Waals surface area contributed by atoms with Gasteiger partial charge in [0, 0.05) is 26.2 Å². The third kappa shape index (κ3) is 10.9. The average Bonchev–Trinajstić information content (AvgIpc) is 2.64. The van der Waals surface area contributed by atoms with E-state index in [1.807, 2.05) is 13.8 Å². The van der Waals surface area contributed by atoms with E-state index in [0.717, 1.165) is 32.3 Å². The second-order valence-corrected chi connectivity index (χ2v) is 13.3. The van der Waals surface area contributed by atoms with Gasteiger partial charge in [0.1, 0.15) is 5.72 Å². The first-order valence-electron chi connectivity index (χ1n) is 12.9. The van der Waals surface area contributed by atoms with Gasteiger partial charge in [-0.15, -0.1) is 0 Å². The molecule has 1 atom stereocenters. The van der Waals surface area contributed by atoms with Crippen LogP contribution >= 0.6 is 0 Å². The van der Waals surface area contributed by atoms with Crippen molar-refractivity contribution >= 4 is 0 Å². The number of methoxy groups -OCH3 is 1. The fraction of sp³-hybridized carbons (Fsp3) is 1.00. The summed E-state index contributed by atoms with van der Waals surface area (Å²) in [4.78, 5) is 0. The third-order valence-electron chi connectivity index (χ3n) is 8.53. The van der Waals surface area contributed by atoms with E-state index in [0.29, 0.717) is 19.1 Å². The Morgan fingerprint density at radius 1 is 0.636 bits per heavy atom. The maximum atomic E-state index is 6.43. The lowest BCUT2D eigenvalue weighted by Crippen LogP contribution is -2.45. The third-order valence-corrected chi connectivity index (χ3v) is 8.53. The Balaban J connectivity index is 4.57. The van der Waals surface area contributed by atoms with E-state index >= 15 is 0 Å². The van der Waals surface area contributed by atoms with Gasteiger partial charge in [-0.2, -0.15) is 0 Å². The summed E-state index contributed by atoms with van der Waals surface area (Å²) in [7, 11) is 1.77. The molecule has 0 aromatic carbocycles. The highest BCUT2D eigenvalue weighted by molar-refractivity contribution is 4.90. The molecule has 0 aliphatic rings. The van der Waals surface area contributed by atoms with Gasteiger partial charge < -0.3 is 24.7 Å². The lowest BCUT2D eigenvalue weighted by atomic mass is 9.73. The van der Waals surface area contributed by atoms with Crippen molar-refractivity contribution in [2.45, 2.75) is 138 Å². The molecule has 0 aliphatic carbocycles. The van der Waals surface area contributed by atoms with Crippen molar-refractivity contribution in [2.24, 2.45) is 22.5 Å². The Hall–Kier alpha value is -0.200. The number of unbranched alkanes of at least 4 members (excludes halogenated alkanes) is 1. The van der Waals surface area contributed by atoms with Crippen molar-refractivity contribution in [3.8, 4) is 0 Å². The fourth-order valence-electron chi connectivity index (χ4n) is 3.29. The average molecular weight is 474 g/mol. The molecule has 0 bridgehead atoms. The van der Waals surface area contributed by atoms with Crippen LogP contribution in [-0.4, -0.2) is 49.5 Å². The van der Waals surface area contributed by atoms with Gasteiger partial charge in [-0.1, -0.05) is 41.0 Å². The Morgan fingerprint density at radius 2 is 1.12 bits per heavy atom. The molecule has 0 aliphatic heterocycles. The van der Waals surface area contributed by atoms with Crippen molar-refractivity contribution < 1.29 is 18.9 Å². The molecular weight excluding hydrogens is 414 g/mol.